The van der Waals surface area contributed by atoms with Crippen molar-refractivity contribution in [2.24, 2.45) is 5.73 Å². The van der Waals surface area contributed by atoms with Gasteiger partial charge < -0.3 is 15.5 Å². The van der Waals surface area contributed by atoms with Gasteiger partial charge in [-0.2, -0.15) is 0 Å². The second-order valence-corrected chi connectivity index (χ2v) is 4.18. The molecule has 0 unspecified atom stereocenters. The predicted molar refractivity (Wildman–Crippen MR) is 70.5 cm³/mol. The summed E-state index contributed by atoms with van der Waals surface area (Å²) in [7, 11) is 0. The minimum atomic E-state index is -0.162. The fourth-order valence-electron chi connectivity index (χ4n) is 1.78. The molecule has 0 fully saturated rings. The van der Waals surface area contributed by atoms with Crippen LogP contribution in [0.25, 0.3) is 0 Å². The number of furan rings is 1. The number of nitrogens with two attached hydrogens (primary N) is 1. The van der Waals surface area contributed by atoms with Gasteiger partial charge in [0.1, 0.15) is 11.5 Å². The average molecular weight is 244 g/mol. The lowest BCUT2D eigenvalue weighted by Crippen LogP contribution is -2.12. The molecule has 18 heavy (non-hydrogen) atoms. The summed E-state index contributed by atoms with van der Waals surface area (Å²) < 4.78 is 5.33. The van der Waals surface area contributed by atoms with Crippen molar-refractivity contribution in [2.75, 3.05) is 5.32 Å². The van der Waals surface area contributed by atoms with Gasteiger partial charge in [-0.25, -0.2) is 0 Å². The third-order valence-corrected chi connectivity index (χ3v) is 2.73. The monoisotopic (exact) mass is 244 g/mol. The van der Waals surface area contributed by atoms with E-state index in [9.17, 15) is 4.79 Å². The van der Waals surface area contributed by atoms with E-state index in [1.54, 1.807) is 13.0 Å². The summed E-state index contributed by atoms with van der Waals surface area (Å²) in [6.07, 6.45) is 0. The lowest BCUT2D eigenvalue weighted by molar-refractivity contribution is 0.102. The normalized spacial score (nSPS) is 10.4. The van der Waals surface area contributed by atoms with Crippen molar-refractivity contribution < 1.29 is 9.21 Å². The summed E-state index contributed by atoms with van der Waals surface area (Å²) in [5, 5.41) is 2.82. The van der Waals surface area contributed by atoms with E-state index < -0.39 is 0 Å². The van der Waals surface area contributed by atoms with Crippen molar-refractivity contribution in [3.05, 3.63) is 53.0 Å². The number of rotatable bonds is 3. The highest BCUT2D eigenvalue weighted by Crippen LogP contribution is 2.16. The maximum absolute atomic E-state index is 12.0. The molecule has 4 nitrogen and oxygen atoms in total. The van der Waals surface area contributed by atoms with Gasteiger partial charge in [0, 0.05) is 12.2 Å². The Morgan fingerprint density at radius 2 is 1.94 bits per heavy atom. The van der Waals surface area contributed by atoms with Crippen LogP contribution in [0, 0.1) is 13.8 Å². The van der Waals surface area contributed by atoms with Crippen molar-refractivity contribution in [3.8, 4) is 0 Å². The molecule has 94 valence electrons. The van der Waals surface area contributed by atoms with Gasteiger partial charge in [0.15, 0.2) is 0 Å². The van der Waals surface area contributed by atoms with Crippen LogP contribution in [0.15, 0.2) is 34.7 Å². The molecule has 2 rings (SSSR count). The van der Waals surface area contributed by atoms with Gasteiger partial charge in [-0.1, -0.05) is 12.1 Å². The Morgan fingerprint density at radius 3 is 2.44 bits per heavy atom. The molecule has 0 aliphatic rings. The maximum atomic E-state index is 12.0. The first-order valence-corrected chi connectivity index (χ1v) is 5.77. The molecule has 0 bridgehead atoms. The largest absolute Gasteiger partial charge is 0.466 e. The van der Waals surface area contributed by atoms with E-state index in [4.69, 9.17) is 10.2 Å². The minimum absolute atomic E-state index is 0.162. The smallest absolute Gasteiger partial charge is 0.259 e. The van der Waals surface area contributed by atoms with Gasteiger partial charge >= 0.3 is 0 Å². The molecule has 0 atom stereocenters. The maximum Gasteiger partial charge on any atom is 0.259 e. The van der Waals surface area contributed by atoms with Gasteiger partial charge in [-0.15, -0.1) is 0 Å². The molecule has 0 spiro atoms. The van der Waals surface area contributed by atoms with Gasteiger partial charge in [0.25, 0.3) is 5.91 Å². The third kappa shape index (κ3) is 2.60. The quantitative estimate of drug-likeness (QED) is 0.872. The Hall–Kier alpha value is -2.07. The highest BCUT2D eigenvalue weighted by atomic mass is 16.3. The first kappa shape index (κ1) is 12.4. The number of benzene rings is 1. The molecule has 4 heteroatoms. The number of aryl methyl sites for hydroxylation is 2. The van der Waals surface area contributed by atoms with E-state index in [0.717, 1.165) is 17.0 Å². The predicted octanol–water partition coefficient (Wildman–Crippen LogP) is 2.61. The molecule has 1 amide bonds. The van der Waals surface area contributed by atoms with Crippen molar-refractivity contribution >= 4 is 11.6 Å². The molecule has 0 aliphatic heterocycles. The zero-order chi connectivity index (χ0) is 13.1. The van der Waals surface area contributed by atoms with Gasteiger partial charge in [-0.3, -0.25) is 4.79 Å². The van der Waals surface area contributed by atoms with E-state index in [1.807, 2.05) is 31.2 Å². The van der Waals surface area contributed by atoms with Crippen LogP contribution in [-0.4, -0.2) is 5.91 Å². The van der Waals surface area contributed by atoms with Crippen molar-refractivity contribution in [3.63, 3.8) is 0 Å². The molecular formula is C14H16N2O2. The number of hydrogen-bond donors (Lipinski definition) is 2. The van der Waals surface area contributed by atoms with Crippen molar-refractivity contribution in [2.45, 2.75) is 20.4 Å². The van der Waals surface area contributed by atoms with Crippen molar-refractivity contribution in [1.29, 1.82) is 0 Å². The molecule has 0 saturated heterocycles. The second-order valence-electron chi connectivity index (χ2n) is 4.18. The number of anilines is 1. The van der Waals surface area contributed by atoms with Crippen LogP contribution in [0.1, 0.15) is 27.4 Å². The molecule has 3 N–H and O–H groups in total. The Kier molecular flexibility index (Phi) is 3.48. The Bertz CT molecular complexity index is 556. The van der Waals surface area contributed by atoms with E-state index >= 15 is 0 Å². The first-order chi connectivity index (χ1) is 8.60. The van der Waals surface area contributed by atoms with E-state index in [-0.39, 0.29) is 5.91 Å². The van der Waals surface area contributed by atoms with Crippen LogP contribution >= 0.6 is 0 Å². The summed E-state index contributed by atoms with van der Waals surface area (Å²) in [5.74, 6) is 1.20. The molecule has 1 aromatic carbocycles. The highest BCUT2D eigenvalue weighted by Gasteiger charge is 2.13. The summed E-state index contributed by atoms with van der Waals surface area (Å²) in [4.78, 5) is 12.0. The lowest BCUT2D eigenvalue weighted by Gasteiger charge is -2.05. The third-order valence-electron chi connectivity index (χ3n) is 2.73. The van der Waals surface area contributed by atoms with Crippen LogP contribution in [0.2, 0.25) is 0 Å². The number of amides is 1. The summed E-state index contributed by atoms with van der Waals surface area (Å²) >= 11 is 0. The van der Waals surface area contributed by atoms with E-state index in [0.29, 0.717) is 17.9 Å². The van der Waals surface area contributed by atoms with E-state index in [2.05, 4.69) is 5.32 Å². The van der Waals surface area contributed by atoms with Gasteiger partial charge in [0.2, 0.25) is 0 Å². The lowest BCUT2D eigenvalue weighted by atomic mass is 10.2. The highest BCUT2D eigenvalue weighted by molar-refractivity contribution is 6.05. The van der Waals surface area contributed by atoms with E-state index in [1.165, 1.54) is 0 Å². The molecule has 1 aromatic heterocycles. The van der Waals surface area contributed by atoms with Crippen LogP contribution in [0.5, 0.6) is 0 Å². The Morgan fingerprint density at radius 1 is 1.28 bits per heavy atom. The standard InChI is InChI=1S/C14H16N2O2/c1-9-7-13(10(2)18-9)14(17)16-12-5-3-11(8-15)4-6-12/h3-7H,8,15H2,1-2H3,(H,16,17). The zero-order valence-corrected chi connectivity index (χ0v) is 10.5. The summed E-state index contributed by atoms with van der Waals surface area (Å²) in [6.45, 7) is 4.09. The molecule has 1 heterocycles. The second kappa shape index (κ2) is 5.06. The van der Waals surface area contributed by atoms with Gasteiger partial charge in [-0.05, 0) is 37.6 Å². The fraction of sp³-hybridized carbons (Fsp3) is 0.214. The minimum Gasteiger partial charge on any atom is -0.466 e. The van der Waals surface area contributed by atoms with Crippen LogP contribution < -0.4 is 11.1 Å². The SMILES string of the molecule is Cc1cc(C(=O)Nc2ccc(CN)cc2)c(C)o1. The van der Waals surface area contributed by atoms with Crippen LogP contribution in [-0.2, 0) is 6.54 Å². The van der Waals surface area contributed by atoms with Gasteiger partial charge in [0.05, 0.1) is 5.56 Å². The van der Waals surface area contributed by atoms with Crippen molar-refractivity contribution in [1.82, 2.24) is 0 Å². The topological polar surface area (TPSA) is 68.3 Å². The van der Waals surface area contributed by atoms with Crippen LogP contribution in [0.3, 0.4) is 0 Å². The Balaban J connectivity index is 2.13. The Labute approximate surface area is 106 Å². The first-order valence-electron chi connectivity index (χ1n) is 5.77. The number of hydrogen-bond acceptors (Lipinski definition) is 3. The molecule has 0 aliphatic carbocycles. The number of nitrogens with one attached hydrogen (secondary N) is 1. The molecule has 0 radical (unpaired) electrons. The number of carbonyl (C=O) groups is 1. The zero-order valence-electron chi connectivity index (χ0n) is 10.5. The summed E-state index contributed by atoms with van der Waals surface area (Å²) in [5.41, 5.74) is 7.86. The molecular weight excluding hydrogens is 228 g/mol. The molecule has 2 aromatic rings. The van der Waals surface area contributed by atoms with Crippen LogP contribution in [0.4, 0.5) is 5.69 Å². The fourth-order valence-corrected chi connectivity index (χ4v) is 1.78. The summed E-state index contributed by atoms with van der Waals surface area (Å²) in [6, 6.07) is 9.19. The number of carbonyl (C=O) groups excluding carboxylic acids is 1. The average Bonchev–Trinajstić information content (AvgIpc) is 2.69. The molecule has 0 saturated carbocycles.